The fourth-order valence-corrected chi connectivity index (χ4v) is 7.68. The molecular weight excluding hydrogens is 901 g/mol. The lowest BCUT2D eigenvalue weighted by Crippen LogP contribution is -2.30. The van der Waals surface area contributed by atoms with E-state index in [1.54, 1.807) is 0 Å². The molecule has 0 radical (unpaired) electrons. The van der Waals surface area contributed by atoms with Gasteiger partial charge in [0.25, 0.3) is 0 Å². The molecule has 0 amide bonds. The Bertz CT molecular complexity index is 1580. The molecule has 0 heterocycles. The third kappa shape index (κ3) is 58.3. The minimum absolute atomic E-state index is 0.124. The molecule has 0 rings (SSSR count). The van der Waals surface area contributed by atoms with Crippen molar-refractivity contribution in [1.29, 1.82) is 0 Å². The number of hydrogen-bond acceptors (Lipinski definition) is 6. The molecule has 0 N–H and O–H groups in total. The lowest BCUT2D eigenvalue weighted by atomic mass is 10.1. The van der Waals surface area contributed by atoms with Crippen LogP contribution in [0.5, 0.6) is 0 Å². The molecule has 73 heavy (non-hydrogen) atoms. The quantitative estimate of drug-likeness (QED) is 0.0261. The van der Waals surface area contributed by atoms with Crippen LogP contribution in [0.15, 0.2) is 134 Å². The summed E-state index contributed by atoms with van der Waals surface area (Å²) < 4.78 is 16.8. The van der Waals surface area contributed by atoms with E-state index in [-0.39, 0.29) is 31.6 Å². The maximum atomic E-state index is 12.8. The van der Waals surface area contributed by atoms with E-state index in [9.17, 15) is 14.4 Å². The second-order valence-electron chi connectivity index (χ2n) is 19.2. The molecule has 1 atom stereocenters. The summed E-state index contributed by atoms with van der Waals surface area (Å²) in [7, 11) is 0. The molecule has 0 spiro atoms. The van der Waals surface area contributed by atoms with Gasteiger partial charge in [-0.1, -0.05) is 238 Å². The molecule has 412 valence electrons. The largest absolute Gasteiger partial charge is 0.462 e. The van der Waals surface area contributed by atoms with Crippen LogP contribution in [0.1, 0.15) is 252 Å². The van der Waals surface area contributed by atoms with Gasteiger partial charge in [0, 0.05) is 19.3 Å². The highest BCUT2D eigenvalue weighted by atomic mass is 16.6. The summed E-state index contributed by atoms with van der Waals surface area (Å²) >= 11 is 0. The average Bonchev–Trinajstić information content (AvgIpc) is 3.39. The molecule has 1 unspecified atom stereocenters. The minimum Gasteiger partial charge on any atom is -0.462 e. The molecular formula is C67H108O6. The van der Waals surface area contributed by atoms with Gasteiger partial charge in [0.05, 0.1) is 0 Å². The maximum Gasteiger partial charge on any atom is 0.306 e. The first-order valence-corrected chi connectivity index (χ1v) is 29.7. The van der Waals surface area contributed by atoms with Crippen LogP contribution in [-0.4, -0.2) is 37.2 Å². The van der Waals surface area contributed by atoms with Gasteiger partial charge in [0.15, 0.2) is 6.10 Å². The van der Waals surface area contributed by atoms with Crippen LogP contribution in [0.3, 0.4) is 0 Å². The third-order valence-electron chi connectivity index (χ3n) is 12.1. The lowest BCUT2D eigenvalue weighted by molar-refractivity contribution is -0.166. The second kappa shape index (κ2) is 60.1. The fourth-order valence-electron chi connectivity index (χ4n) is 7.68. The highest BCUT2D eigenvalue weighted by molar-refractivity contribution is 5.71. The number of carbonyl (C=O) groups excluding carboxylic acids is 3. The Morgan fingerprint density at radius 2 is 0.562 bits per heavy atom. The van der Waals surface area contributed by atoms with E-state index >= 15 is 0 Å². The van der Waals surface area contributed by atoms with Crippen molar-refractivity contribution >= 4 is 17.9 Å². The molecule has 6 nitrogen and oxygen atoms in total. The summed E-state index contributed by atoms with van der Waals surface area (Å²) in [4.78, 5) is 38.2. The van der Waals surface area contributed by atoms with Gasteiger partial charge in [0.1, 0.15) is 13.2 Å². The summed E-state index contributed by atoms with van der Waals surface area (Å²) in [6, 6.07) is 0. The van der Waals surface area contributed by atoms with Crippen LogP contribution in [0.2, 0.25) is 0 Å². The topological polar surface area (TPSA) is 78.9 Å². The third-order valence-corrected chi connectivity index (χ3v) is 12.1. The van der Waals surface area contributed by atoms with Crippen LogP contribution in [0.25, 0.3) is 0 Å². The highest BCUT2D eigenvalue weighted by Gasteiger charge is 2.19. The first kappa shape index (κ1) is 68.6. The van der Waals surface area contributed by atoms with E-state index in [2.05, 4.69) is 142 Å². The predicted molar refractivity (Wildman–Crippen MR) is 316 cm³/mol. The molecule has 0 aliphatic carbocycles. The maximum absolute atomic E-state index is 12.8. The van der Waals surface area contributed by atoms with Gasteiger partial charge in [-0.25, -0.2) is 0 Å². The Labute approximate surface area is 449 Å². The summed E-state index contributed by atoms with van der Waals surface area (Å²) in [6.45, 7) is 6.40. The summed E-state index contributed by atoms with van der Waals surface area (Å²) in [5, 5.41) is 0. The second-order valence-corrected chi connectivity index (χ2v) is 19.2. The van der Waals surface area contributed by atoms with Gasteiger partial charge in [-0.05, 0) is 128 Å². The Balaban J connectivity index is 4.55. The SMILES string of the molecule is CC/C=C\C/C=C\C/C=C\C/C=C\C/C=C\C/C=C\CCC(=O)OC(COC(=O)CCCCCCC/C=C\C/C=C\CCCCC)COC(=O)CCCCCCCC/C=C\C/C=C\C/C=C\CCCCCCC. The first-order valence-electron chi connectivity index (χ1n) is 29.7. The van der Waals surface area contributed by atoms with Crippen molar-refractivity contribution in [3.05, 3.63) is 134 Å². The van der Waals surface area contributed by atoms with E-state index in [0.29, 0.717) is 19.3 Å². The molecule has 0 saturated heterocycles. The zero-order valence-electron chi connectivity index (χ0n) is 47.1. The van der Waals surface area contributed by atoms with Crippen molar-refractivity contribution in [2.24, 2.45) is 0 Å². The molecule has 6 heteroatoms. The van der Waals surface area contributed by atoms with E-state index in [1.165, 1.54) is 77.0 Å². The van der Waals surface area contributed by atoms with Crippen molar-refractivity contribution in [2.75, 3.05) is 13.2 Å². The van der Waals surface area contributed by atoms with Crippen LogP contribution in [0.4, 0.5) is 0 Å². The molecule has 0 aliphatic heterocycles. The van der Waals surface area contributed by atoms with Gasteiger partial charge < -0.3 is 14.2 Å². The summed E-state index contributed by atoms with van der Waals surface area (Å²) in [5.74, 6) is -1.04. The number of rotatable bonds is 52. The molecule has 0 aromatic carbocycles. The normalized spacial score (nSPS) is 13.1. The number of carbonyl (C=O) groups is 3. The monoisotopic (exact) mass is 1010 g/mol. The Morgan fingerprint density at radius 1 is 0.288 bits per heavy atom. The van der Waals surface area contributed by atoms with Crippen LogP contribution in [-0.2, 0) is 28.6 Å². The van der Waals surface area contributed by atoms with Gasteiger partial charge in [-0.15, -0.1) is 0 Å². The number of allylic oxidation sites excluding steroid dienone is 22. The number of esters is 3. The molecule has 0 saturated carbocycles. The average molecular weight is 1010 g/mol. The molecule has 0 aromatic heterocycles. The zero-order chi connectivity index (χ0) is 52.9. The van der Waals surface area contributed by atoms with Gasteiger partial charge in [-0.3, -0.25) is 14.4 Å². The molecule has 0 aliphatic rings. The predicted octanol–water partition coefficient (Wildman–Crippen LogP) is 20.2. The smallest absolute Gasteiger partial charge is 0.306 e. The van der Waals surface area contributed by atoms with Crippen molar-refractivity contribution in [3.8, 4) is 0 Å². The first-order chi connectivity index (χ1) is 36.0. The minimum atomic E-state index is -0.836. The van der Waals surface area contributed by atoms with Gasteiger partial charge in [-0.2, -0.15) is 0 Å². The van der Waals surface area contributed by atoms with Crippen LogP contribution < -0.4 is 0 Å². The number of unbranched alkanes of at least 4 members (excludes halogenated alkanes) is 19. The van der Waals surface area contributed by atoms with Crippen LogP contribution in [0, 0.1) is 0 Å². The van der Waals surface area contributed by atoms with Crippen molar-refractivity contribution in [3.63, 3.8) is 0 Å². The summed E-state index contributed by atoms with van der Waals surface area (Å²) in [6.07, 6.45) is 84.5. The Morgan fingerprint density at radius 3 is 0.918 bits per heavy atom. The van der Waals surface area contributed by atoms with E-state index < -0.39 is 12.1 Å². The summed E-state index contributed by atoms with van der Waals surface area (Å²) in [5.41, 5.74) is 0. The van der Waals surface area contributed by atoms with Crippen molar-refractivity contribution in [2.45, 2.75) is 258 Å². The van der Waals surface area contributed by atoms with Gasteiger partial charge >= 0.3 is 17.9 Å². The Kier molecular flexibility index (Phi) is 56.4. The molecule has 0 bridgehead atoms. The van der Waals surface area contributed by atoms with Crippen molar-refractivity contribution in [1.82, 2.24) is 0 Å². The fraction of sp³-hybridized carbons (Fsp3) is 0.627. The van der Waals surface area contributed by atoms with E-state index in [1.807, 2.05) is 12.2 Å². The lowest BCUT2D eigenvalue weighted by Gasteiger charge is -2.18. The van der Waals surface area contributed by atoms with E-state index in [0.717, 1.165) is 128 Å². The molecule has 0 fully saturated rings. The zero-order valence-corrected chi connectivity index (χ0v) is 47.1. The number of hydrogen-bond donors (Lipinski definition) is 0. The van der Waals surface area contributed by atoms with Crippen LogP contribution >= 0.6 is 0 Å². The standard InChI is InChI=1S/C67H108O6/c1-4-7-10-13-16-19-22-25-28-30-32-33-35-36-39-42-45-48-51-54-57-60-66(69)72-63-64(62-71-65(68)59-56-53-50-47-44-41-38-27-24-21-18-15-12-9-6-3)73-67(70)61-58-55-52-49-46-43-40-37-34-31-29-26-23-20-17-14-11-8-5-2/h8,11,17-18,20-22,25-27,29-30,32,34-38,43,46,52,55,64H,4-7,9-10,12-16,19,23-24,28,31,33,39-42,44-45,47-51,53-54,56-63H2,1-3H3/b11-8-,20-17-,21-18-,25-22-,29-26-,32-30-,36-35-,37-34-,38-27-,46-43-,55-52-. The molecule has 0 aromatic rings. The Hall–Kier alpha value is -4.45. The van der Waals surface area contributed by atoms with Gasteiger partial charge in [0.2, 0.25) is 0 Å². The van der Waals surface area contributed by atoms with E-state index in [4.69, 9.17) is 14.2 Å². The number of ether oxygens (including phenoxy) is 3. The highest BCUT2D eigenvalue weighted by Crippen LogP contribution is 2.13. The van der Waals surface area contributed by atoms with Crippen molar-refractivity contribution < 1.29 is 28.6 Å².